The molecule has 0 spiro atoms. The number of carboxylic acid groups (broad SMARTS) is 1. The standard InChI is InChI=1S/C62H96O25/c1-14-26(3)51(76)80-29(6)28(5)53(78)87-49-48(86-52(77)27(4)15-2)57(7,8)22-31-30-16-17-35-59(11)20-19-36(58(9,10)34(59)18-21-60(35,12)61(30,13)46(72)47(73)62(31,49)25-64)82-56-45(85-55-41(70)39(68)38(67)33(23-63)81-55)43(42(71)44(84-56)50(74)75)83-54-40(69)37(66)32(65)24-79-54/h14-16,28-29,31-49,54-56,63-73H,17-25H2,1-13H3,(H,74,75)/b26-14-,27-15-/t28?,29?,31?,32-,33?,34?,35?,36+,37?,38+,39?,40?,41?,42+,43?,44?,45?,46+,47-,48+,49+,54+,55+,56-,59+,60-,61+,62+/m1/s1. The smallest absolute Gasteiger partial charge is 0.335 e. The van der Waals surface area contributed by atoms with Crippen LogP contribution in [0.2, 0.25) is 0 Å². The van der Waals surface area contributed by atoms with Gasteiger partial charge in [-0.25, -0.2) is 14.4 Å². The van der Waals surface area contributed by atoms with Crippen molar-refractivity contribution < 1.29 is 123 Å². The van der Waals surface area contributed by atoms with Crippen LogP contribution >= 0.6 is 0 Å². The molecule has 0 bridgehead atoms. The number of aliphatic carboxylic acids is 1. The highest BCUT2D eigenvalue weighted by Crippen LogP contribution is 2.76. The van der Waals surface area contributed by atoms with Crippen molar-refractivity contribution in [2.75, 3.05) is 19.8 Å². The minimum absolute atomic E-state index is 0.193. The molecular weight excluding hydrogens is 1140 g/mol. The molecule has 87 heavy (non-hydrogen) atoms. The second-order valence-electron chi connectivity index (χ2n) is 28.0. The van der Waals surface area contributed by atoms with Crippen LogP contribution in [0.3, 0.4) is 0 Å². The monoisotopic (exact) mass is 1240 g/mol. The number of fused-ring (bicyclic) bond motifs is 7. The van der Waals surface area contributed by atoms with Crippen molar-refractivity contribution >= 4 is 23.9 Å². The first-order valence-electron chi connectivity index (χ1n) is 30.6. The number of carbonyl (C=O) groups is 4. The van der Waals surface area contributed by atoms with Crippen molar-refractivity contribution in [3.63, 3.8) is 0 Å². The third kappa shape index (κ3) is 11.5. The molecule has 8 rings (SSSR count). The predicted molar refractivity (Wildman–Crippen MR) is 301 cm³/mol. The molecule has 13 unspecified atom stereocenters. The number of carbonyl (C=O) groups excluding carboxylic acids is 3. The van der Waals surface area contributed by atoms with Crippen LogP contribution < -0.4 is 0 Å². The lowest BCUT2D eigenvalue weighted by Gasteiger charge is -2.73. The highest BCUT2D eigenvalue weighted by atomic mass is 16.8. The summed E-state index contributed by atoms with van der Waals surface area (Å²) in [6.45, 7) is 21.4. The first kappa shape index (κ1) is 69.3. The van der Waals surface area contributed by atoms with E-state index in [-0.39, 0.29) is 30.3 Å². The van der Waals surface area contributed by atoms with Gasteiger partial charge in [0.25, 0.3) is 0 Å². The van der Waals surface area contributed by atoms with E-state index in [0.717, 1.165) is 5.57 Å². The lowest BCUT2D eigenvalue weighted by atomic mass is 9.32. The van der Waals surface area contributed by atoms with Gasteiger partial charge >= 0.3 is 23.9 Å². The molecule has 8 aliphatic rings. The summed E-state index contributed by atoms with van der Waals surface area (Å²) in [6.07, 6.45) is -26.4. The van der Waals surface area contributed by atoms with E-state index in [9.17, 15) is 80.5 Å². The summed E-state index contributed by atoms with van der Waals surface area (Å²) in [6, 6.07) is 0. The summed E-state index contributed by atoms with van der Waals surface area (Å²) >= 11 is 0. The Morgan fingerprint density at radius 1 is 0.690 bits per heavy atom. The van der Waals surface area contributed by atoms with Crippen molar-refractivity contribution in [2.45, 2.75) is 251 Å². The first-order chi connectivity index (χ1) is 40.5. The molecule has 0 aromatic carbocycles. The Morgan fingerprint density at radius 2 is 1.31 bits per heavy atom. The SMILES string of the molecule is C/C=C(/C)C(=O)OC(C)C(C)C(=O)O[C@H]1[C@H](OC(=O)/C(C)=C\C)C(C)(C)CC2C3=CCC4[C@@]5(C)CC[C@H](O[C@@H]6OC(C(=O)O)[C@@H](O)C(O[C@@H]7OC[C@@H](O)C(O)C7O)C6O[C@@H]6OC(CO)[C@H](O)C(O)C6O)C(C)(C)C5CC[C@@]4(C)[C@]3(C)[C@@H](O)[C@@H](O)[C@]21CO. The summed E-state index contributed by atoms with van der Waals surface area (Å²) in [5, 5.41) is 135. The average molecular weight is 1240 g/mol. The van der Waals surface area contributed by atoms with E-state index in [1.807, 2.05) is 34.6 Å². The molecule has 0 amide bonds. The number of hydrogen-bond donors (Lipinski definition) is 12. The van der Waals surface area contributed by atoms with Crippen LogP contribution in [-0.4, -0.2) is 228 Å². The van der Waals surface area contributed by atoms with Crippen molar-refractivity contribution in [3.05, 3.63) is 34.9 Å². The molecule has 7 fully saturated rings. The van der Waals surface area contributed by atoms with E-state index in [4.69, 9.17) is 42.6 Å². The third-order valence-electron chi connectivity index (χ3n) is 22.7. The van der Waals surface area contributed by atoms with Gasteiger partial charge in [-0.2, -0.15) is 0 Å². The van der Waals surface area contributed by atoms with Gasteiger partial charge in [0.15, 0.2) is 31.1 Å². The first-order valence-corrected chi connectivity index (χ1v) is 30.6. The number of aliphatic hydroxyl groups is 11. The molecule has 0 aromatic heterocycles. The van der Waals surface area contributed by atoms with Gasteiger partial charge in [0.2, 0.25) is 0 Å². The minimum atomic E-state index is -2.15. The zero-order valence-electron chi connectivity index (χ0n) is 52.1. The molecule has 4 saturated carbocycles. The van der Waals surface area contributed by atoms with Crippen LogP contribution in [0.15, 0.2) is 34.9 Å². The lowest BCUT2D eigenvalue weighted by Crippen LogP contribution is -2.76. The van der Waals surface area contributed by atoms with Crippen LogP contribution in [-0.2, 0) is 61.8 Å². The Kier molecular flexibility index (Phi) is 20.3. The number of carboxylic acids is 1. The summed E-state index contributed by atoms with van der Waals surface area (Å²) in [5.74, 6) is -6.10. The Labute approximate surface area is 507 Å². The molecule has 494 valence electrons. The van der Waals surface area contributed by atoms with E-state index in [2.05, 4.69) is 19.9 Å². The normalized spacial score (nSPS) is 46.9. The summed E-state index contributed by atoms with van der Waals surface area (Å²) in [4.78, 5) is 54.1. The largest absolute Gasteiger partial charge is 0.479 e. The maximum atomic E-state index is 14.5. The minimum Gasteiger partial charge on any atom is -0.479 e. The van der Waals surface area contributed by atoms with Crippen LogP contribution in [0.25, 0.3) is 0 Å². The zero-order valence-corrected chi connectivity index (χ0v) is 52.1. The lowest BCUT2D eigenvalue weighted by molar-refractivity contribution is -0.392. The molecule has 12 N–H and O–H groups in total. The molecule has 0 radical (unpaired) electrons. The molecule has 5 aliphatic carbocycles. The molecular formula is C62H96O25. The Hall–Kier alpha value is -3.58. The van der Waals surface area contributed by atoms with Gasteiger partial charge in [-0.05, 0) is 114 Å². The van der Waals surface area contributed by atoms with Crippen molar-refractivity contribution in [1.29, 1.82) is 0 Å². The van der Waals surface area contributed by atoms with Gasteiger partial charge in [0, 0.05) is 22.0 Å². The maximum Gasteiger partial charge on any atom is 0.335 e. The number of hydrogen-bond acceptors (Lipinski definition) is 24. The maximum absolute atomic E-state index is 14.5. The summed E-state index contributed by atoms with van der Waals surface area (Å²) in [7, 11) is 0. The fraction of sp³-hybridized carbons (Fsp3) is 0.839. The van der Waals surface area contributed by atoms with Gasteiger partial charge in [-0.15, -0.1) is 0 Å². The van der Waals surface area contributed by atoms with Crippen LogP contribution in [0.5, 0.6) is 0 Å². The summed E-state index contributed by atoms with van der Waals surface area (Å²) < 4.78 is 54.9. The highest BCUT2D eigenvalue weighted by Gasteiger charge is 2.76. The Bertz CT molecular complexity index is 2620. The fourth-order valence-corrected chi connectivity index (χ4v) is 16.7. The van der Waals surface area contributed by atoms with Crippen LogP contribution in [0, 0.1) is 56.2 Å². The quantitative estimate of drug-likeness (QED) is 0.0335. The number of ether oxygens (including phenoxy) is 9. The van der Waals surface area contributed by atoms with E-state index in [1.54, 1.807) is 46.8 Å². The predicted octanol–water partition coefficient (Wildman–Crippen LogP) is 0.831. The van der Waals surface area contributed by atoms with Crippen LogP contribution in [0.1, 0.15) is 129 Å². The van der Waals surface area contributed by atoms with Crippen molar-refractivity contribution in [2.24, 2.45) is 56.2 Å². The van der Waals surface area contributed by atoms with Crippen LogP contribution in [0.4, 0.5) is 0 Å². The third-order valence-corrected chi connectivity index (χ3v) is 22.7. The molecule has 25 nitrogen and oxygen atoms in total. The van der Waals surface area contributed by atoms with Gasteiger partial charge in [0.1, 0.15) is 73.2 Å². The second kappa shape index (κ2) is 25.5. The number of rotatable bonds is 16. The Balaban J connectivity index is 1.14. The van der Waals surface area contributed by atoms with E-state index >= 15 is 0 Å². The second-order valence-corrected chi connectivity index (χ2v) is 28.0. The van der Waals surface area contributed by atoms with E-state index in [0.29, 0.717) is 31.3 Å². The molecule has 25 heteroatoms. The number of aliphatic hydroxyl groups excluding tert-OH is 11. The van der Waals surface area contributed by atoms with Gasteiger partial charge < -0.3 is 104 Å². The van der Waals surface area contributed by atoms with Gasteiger partial charge in [-0.3, -0.25) is 4.79 Å². The topological polar surface area (TPSA) is 394 Å². The van der Waals surface area contributed by atoms with Gasteiger partial charge in [0.05, 0.1) is 49.5 Å². The van der Waals surface area contributed by atoms with E-state index in [1.165, 1.54) is 6.92 Å². The highest BCUT2D eigenvalue weighted by molar-refractivity contribution is 5.88. The van der Waals surface area contributed by atoms with E-state index < -0.39 is 211 Å². The molecule has 28 atom stereocenters. The fourth-order valence-electron chi connectivity index (χ4n) is 16.7. The molecule has 3 aliphatic heterocycles. The molecule has 3 saturated heterocycles. The summed E-state index contributed by atoms with van der Waals surface area (Å²) in [5.41, 5.74) is -4.86. The average Bonchev–Trinajstić information content (AvgIpc) is 0.666. The Morgan fingerprint density at radius 3 is 1.92 bits per heavy atom. The molecule has 3 heterocycles. The van der Waals surface area contributed by atoms with Crippen molar-refractivity contribution in [1.82, 2.24) is 0 Å². The number of esters is 3. The zero-order chi connectivity index (χ0) is 64.7. The molecule has 0 aromatic rings. The van der Waals surface area contributed by atoms with Crippen molar-refractivity contribution in [3.8, 4) is 0 Å². The number of allylic oxidation sites excluding steroid dienone is 3. The van der Waals surface area contributed by atoms with Gasteiger partial charge in [-0.1, -0.05) is 72.3 Å².